The summed E-state index contributed by atoms with van der Waals surface area (Å²) in [4.78, 5) is 15.6. The molecule has 0 fully saturated rings. The number of carbonyl (C=O) groups excluding carboxylic acids is 1. The highest BCUT2D eigenvalue weighted by Crippen LogP contribution is 2.27. The van der Waals surface area contributed by atoms with E-state index in [2.05, 4.69) is 33.1 Å². The molecule has 0 atom stereocenters. The van der Waals surface area contributed by atoms with E-state index in [9.17, 15) is 4.79 Å². The van der Waals surface area contributed by atoms with Gasteiger partial charge in [0.25, 0.3) is 0 Å². The number of benzene rings is 1. The Balaban J connectivity index is 1.94. The Morgan fingerprint density at radius 3 is 3.10 bits per heavy atom. The van der Waals surface area contributed by atoms with Gasteiger partial charge in [-0.05, 0) is 17.5 Å². The maximum absolute atomic E-state index is 11.2. The first-order valence-electron chi connectivity index (χ1n) is 6.18. The van der Waals surface area contributed by atoms with Gasteiger partial charge in [-0.3, -0.25) is 4.79 Å². The zero-order chi connectivity index (χ0) is 14.1. The van der Waals surface area contributed by atoms with E-state index in [1.807, 2.05) is 24.7 Å². The highest BCUT2D eigenvalue weighted by Gasteiger charge is 2.08. The van der Waals surface area contributed by atoms with Crippen LogP contribution >= 0.6 is 11.3 Å². The zero-order valence-corrected chi connectivity index (χ0v) is 11.8. The van der Waals surface area contributed by atoms with Crippen molar-refractivity contribution in [3.05, 3.63) is 35.8 Å². The minimum atomic E-state index is -0.233. The molecule has 0 radical (unpaired) electrons. The molecule has 6 heteroatoms. The molecule has 3 aromatic rings. The average molecular weight is 286 g/mol. The number of nitrogens with two attached hydrogens (primary N) is 1. The smallest absolute Gasteiger partial charge is 0.239 e. The Kier molecular flexibility index (Phi) is 3.25. The SMILES string of the molecule is Cn1ccc2ccc(-c3csc(NC(=O)CN)n3)cc21. The van der Waals surface area contributed by atoms with E-state index in [1.165, 1.54) is 16.7 Å². The number of fused-ring (bicyclic) bond motifs is 1. The van der Waals surface area contributed by atoms with Crippen molar-refractivity contribution in [1.29, 1.82) is 0 Å². The van der Waals surface area contributed by atoms with Gasteiger partial charge in [0.2, 0.25) is 5.91 Å². The quantitative estimate of drug-likeness (QED) is 0.775. The Labute approximate surface area is 120 Å². The van der Waals surface area contributed by atoms with Gasteiger partial charge in [0, 0.05) is 29.7 Å². The molecule has 2 heterocycles. The highest BCUT2D eigenvalue weighted by atomic mass is 32.1. The summed E-state index contributed by atoms with van der Waals surface area (Å²) in [6.45, 7) is -0.0375. The highest BCUT2D eigenvalue weighted by molar-refractivity contribution is 7.14. The summed E-state index contributed by atoms with van der Waals surface area (Å²) in [5.41, 5.74) is 8.31. The molecule has 1 aromatic carbocycles. The van der Waals surface area contributed by atoms with Crippen LogP contribution in [0.2, 0.25) is 0 Å². The van der Waals surface area contributed by atoms with Crippen LogP contribution in [0.15, 0.2) is 35.8 Å². The number of nitrogens with zero attached hydrogens (tertiary/aromatic N) is 2. The third-order valence-electron chi connectivity index (χ3n) is 3.12. The number of rotatable bonds is 3. The summed E-state index contributed by atoms with van der Waals surface area (Å²) in [7, 11) is 2.01. The summed E-state index contributed by atoms with van der Waals surface area (Å²) >= 11 is 1.39. The van der Waals surface area contributed by atoms with Crippen molar-refractivity contribution < 1.29 is 4.79 Å². The maximum atomic E-state index is 11.2. The summed E-state index contributed by atoms with van der Waals surface area (Å²) in [6, 6.07) is 8.28. The van der Waals surface area contributed by atoms with Gasteiger partial charge in [0.1, 0.15) is 0 Å². The van der Waals surface area contributed by atoms with Crippen LogP contribution in [0.5, 0.6) is 0 Å². The number of anilines is 1. The summed E-state index contributed by atoms with van der Waals surface area (Å²) in [6.07, 6.45) is 2.03. The second-order valence-corrected chi connectivity index (χ2v) is 5.35. The number of thiazole rings is 1. The number of hydrogen-bond acceptors (Lipinski definition) is 4. The Hall–Kier alpha value is -2.18. The molecule has 3 N–H and O–H groups in total. The fraction of sp³-hybridized carbons (Fsp3) is 0.143. The van der Waals surface area contributed by atoms with E-state index in [-0.39, 0.29) is 12.5 Å². The van der Waals surface area contributed by atoms with E-state index >= 15 is 0 Å². The number of aryl methyl sites for hydroxylation is 1. The number of nitrogens with one attached hydrogen (secondary N) is 1. The van der Waals surface area contributed by atoms with Gasteiger partial charge in [0.15, 0.2) is 5.13 Å². The van der Waals surface area contributed by atoms with Crippen LogP contribution in [0.4, 0.5) is 5.13 Å². The molecule has 0 aliphatic rings. The molecule has 0 saturated carbocycles. The van der Waals surface area contributed by atoms with E-state index in [0.717, 1.165) is 16.8 Å². The fourth-order valence-corrected chi connectivity index (χ4v) is 2.79. The molecule has 0 unspecified atom stereocenters. The Morgan fingerprint density at radius 1 is 1.45 bits per heavy atom. The monoisotopic (exact) mass is 286 g/mol. The molecule has 102 valence electrons. The van der Waals surface area contributed by atoms with Crippen LogP contribution < -0.4 is 11.1 Å². The lowest BCUT2D eigenvalue weighted by Gasteiger charge is -2.00. The molecule has 0 spiro atoms. The van der Waals surface area contributed by atoms with Crippen molar-refractivity contribution in [1.82, 2.24) is 9.55 Å². The van der Waals surface area contributed by atoms with Crippen LogP contribution in [0.3, 0.4) is 0 Å². The maximum Gasteiger partial charge on any atom is 0.239 e. The van der Waals surface area contributed by atoms with Crippen LogP contribution in [0, 0.1) is 0 Å². The molecule has 0 aliphatic carbocycles. The predicted octanol–water partition coefficient (Wildman–Crippen LogP) is 2.20. The minimum absolute atomic E-state index is 0.0375. The van der Waals surface area contributed by atoms with Crippen molar-refractivity contribution in [2.75, 3.05) is 11.9 Å². The van der Waals surface area contributed by atoms with Crippen molar-refractivity contribution in [2.45, 2.75) is 0 Å². The van der Waals surface area contributed by atoms with Crippen molar-refractivity contribution in [3.63, 3.8) is 0 Å². The second-order valence-electron chi connectivity index (χ2n) is 4.49. The molecule has 20 heavy (non-hydrogen) atoms. The molecule has 3 rings (SSSR count). The summed E-state index contributed by atoms with van der Waals surface area (Å²) < 4.78 is 2.07. The predicted molar refractivity (Wildman–Crippen MR) is 81.7 cm³/mol. The Bertz CT molecular complexity index is 774. The summed E-state index contributed by atoms with van der Waals surface area (Å²) in [5.74, 6) is -0.233. The zero-order valence-electron chi connectivity index (χ0n) is 11.0. The third kappa shape index (κ3) is 2.31. The molecule has 5 nitrogen and oxygen atoms in total. The molecular formula is C14H14N4OS. The van der Waals surface area contributed by atoms with Crippen LogP contribution in [0.1, 0.15) is 0 Å². The van der Waals surface area contributed by atoms with Gasteiger partial charge in [-0.2, -0.15) is 0 Å². The van der Waals surface area contributed by atoms with Gasteiger partial charge >= 0.3 is 0 Å². The van der Waals surface area contributed by atoms with E-state index in [0.29, 0.717) is 5.13 Å². The summed E-state index contributed by atoms with van der Waals surface area (Å²) in [5, 5.41) is 6.36. The van der Waals surface area contributed by atoms with E-state index in [1.54, 1.807) is 0 Å². The minimum Gasteiger partial charge on any atom is -0.351 e. The van der Waals surface area contributed by atoms with Crippen molar-refractivity contribution in [3.8, 4) is 11.3 Å². The van der Waals surface area contributed by atoms with Crippen molar-refractivity contribution in [2.24, 2.45) is 12.8 Å². The van der Waals surface area contributed by atoms with Crippen LogP contribution in [-0.2, 0) is 11.8 Å². The van der Waals surface area contributed by atoms with E-state index < -0.39 is 0 Å². The number of aromatic nitrogens is 2. The lowest BCUT2D eigenvalue weighted by molar-refractivity contribution is -0.114. The lowest BCUT2D eigenvalue weighted by atomic mass is 10.1. The number of amides is 1. The van der Waals surface area contributed by atoms with Gasteiger partial charge in [-0.1, -0.05) is 12.1 Å². The third-order valence-corrected chi connectivity index (χ3v) is 3.88. The Morgan fingerprint density at radius 2 is 2.30 bits per heavy atom. The molecule has 0 saturated heterocycles. The van der Waals surface area contributed by atoms with Gasteiger partial charge in [-0.15, -0.1) is 11.3 Å². The first-order valence-corrected chi connectivity index (χ1v) is 7.06. The second kappa shape index (κ2) is 5.07. The standard InChI is InChI=1S/C14H14N4OS/c1-18-5-4-9-2-3-10(6-12(9)18)11-8-20-14(16-11)17-13(19)7-15/h2-6,8H,7,15H2,1H3,(H,16,17,19). The topological polar surface area (TPSA) is 72.9 Å². The normalized spacial score (nSPS) is 10.9. The largest absolute Gasteiger partial charge is 0.351 e. The molecular weight excluding hydrogens is 272 g/mol. The molecule has 1 amide bonds. The van der Waals surface area contributed by atoms with Crippen LogP contribution in [-0.4, -0.2) is 22.0 Å². The molecule has 2 aromatic heterocycles. The number of carbonyl (C=O) groups is 1. The fourth-order valence-electron chi connectivity index (χ4n) is 2.06. The van der Waals surface area contributed by atoms with Gasteiger partial charge in [0.05, 0.1) is 12.2 Å². The van der Waals surface area contributed by atoms with E-state index in [4.69, 9.17) is 5.73 Å². The number of hydrogen-bond donors (Lipinski definition) is 2. The molecule has 0 bridgehead atoms. The van der Waals surface area contributed by atoms with Crippen LogP contribution in [0.25, 0.3) is 22.2 Å². The van der Waals surface area contributed by atoms with Crippen molar-refractivity contribution >= 4 is 33.3 Å². The first kappa shape index (κ1) is 12.8. The average Bonchev–Trinajstić information content (AvgIpc) is 3.06. The molecule has 0 aliphatic heterocycles. The van der Waals surface area contributed by atoms with Gasteiger partial charge < -0.3 is 15.6 Å². The first-order chi connectivity index (χ1) is 9.67. The lowest BCUT2D eigenvalue weighted by Crippen LogP contribution is -2.21. The van der Waals surface area contributed by atoms with Gasteiger partial charge in [-0.25, -0.2) is 4.98 Å².